The molecule has 0 N–H and O–H groups in total. The standard InChI is InChI=1S/C14H11NO3.Na/c1-9(16)12-6-7-13(15-8-12)10-2-4-11(5-3-10)14(17)18;/h2-8H,1H3,(H,17,18);/q;+1/p-1. The van der Waals surface area contributed by atoms with Crippen LogP contribution in [0, 0.1) is 0 Å². The van der Waals surface area contributed by atoms with Crippen molar-refractivity contribution in [2.24, 2.45) is 0 Å². The van der Waals surface area contributed by atoms with E-state index in [0.29, 0.717) is 11.3 Å². The molecule has 1 heterocycles. The van der Waals surface area contributed by atoms with Crippen LogP contribution in [0.5, 0.6) is 0 Å². The average Bonchev–Trinajstić information content (AvgIpc) is 2.39. The van der Waals surface area contributed by atoms with Crippen LogP contribution in [-0.2, 0) is 0 Å². The van der Waals surface area contributed by atoms with E-state index < -0.39 is 5.97 Å². The molecule has 0 aliphatic heterocycles. The Kier molecular flexibility index (Phi) is 5.42. The molecule has 4 nitrogen and oxygen atoms in total. The molecule has 0 fully saturated rings. The van der Waals surface area contributed by atoms with Crippen molar-refractivity contribution in [3.8, 4) is 11.3 Å². The molecular weight excluding hydrogens is 253 g/mol. The van der Waals surface area contributed by atoms with Crippen molar-refractivity contribution in [1.82, 2.24) is 4.98 Å². The Morgan fingerprint density at radius 1 is 1.00 bits per heavy atom. The van der Waals surface area contributed by atoms with Crippen LogP contribution < -0.4 is 34.7 Å². The molecule has 90 valence electrons. The van der Waals surface area contributed by atoms with Gasteiger partial charge in [-0.1, -0.05) is 24.3 Å². The predicted octanol–water partition coefficient (Wildman–Crippen LogP) is -1.68. The Hall–Kier alpha value is -1.49. The van der Waals surface area contributed by atoms with E-state index in [0.717, 1.165) is 5.56 Å². The van der Waals surface area contributed by atoms with E-state index >= 15 is 0 Å². The first-order valence-corrected chi connectivity index (χ1v) is 5.36. The first-order chi connectivity index (χ1) is 8.58. The zero-order valence-corrected chi connectivity index (χ0v) is 12.7. The molecule has 0 aliphatic rings. The molecule has 0 atom stereocenters. The first kappa shape index (κ1) is 15.6. The van der Waals surface area contributed by atoms with Crippen molar-refractivity contribution < 1.29 is 44.3 Å². The van der Waals surface area contributed by atoms with Crippen molar-refractivity contribution in [3.05, 3.63) is 53.7 Å². The van der Waals surface area contributed by atoms with Gasteiger partial charge in [-0.3, -0.25) is 9.78 Å². The van der Waals surface area contributed by atoms with E-state index in [-0.39, 0.29) is 40.9 Å². The number of nitrogens with zero attached hydrogens (tertiary/aromatic N) is 1. The Labute approximate surface area is 132 Å². The summed E-state index contributed by atoms with van der Waals surface area (Å²) in [5.41, 5.74) is 2.14. The van der Waals surface area contributed by atoms with Crippen LogP contribution in [0.1, 0.15) is 27.6 Å². The molecule has 0 unspecified atom stereocenters. The molecule has 2 aromatic rings. The minimum atomic E-state index is -1.21. The molecule has 1 aromatic carbocycles. The topological polar surface area (TPSA) is 70.1 Å². The molecule has 2 rings (SSSR count). The molecule has 0 saturated carbocycles. The van der Waals surface area contributed by atoms with E-state index in [1.165, 1.54) is 25.3 Å². The smallest absolute Gasteiger partial charge is 0.545 e. The summed E-state index contributed by atoms with van der Waals surface area (Å²) in [5.74, 6) is -1.25. The van der Waals surface area contributed by atoms with Crippen LogP contribution in [0.15, 0.2) is 42.6 Å². The van der Waals surface area contributed by atoms with Gasteiger partial charge >= 0.3 is 29.6 Å². The van der Waals surface area contributed by atoms with E-state index in [9.17, 15) is 14.7 Å². The largest absolute Gasteiger partial charge is 1.00 e. The SMILES string of the molecule is CC(=O)c1ccc(-c2ccc(C(=O)[O-])cc2)nc1.[Na+]. The predicted molar refractivity (Wildman–Crippen MR) is 64.0 cm³/mol. The monoisotopic (exact) mass is 263 g/mol. The number of ketones is 1. The summed E-state index contributed by atoms with van der Waals surface area (Å²) in [7, 11) is 0. The maximum Gasteiger partial charge on any atom is 1.00 e. The van der Waals surface area contributed by atoms with Crippen molar-refractivity contribution in [3.63, 3.8) is 0 Å². The van der Waals surface area contributed by atoms with Gasteiger partial charge in [0, 0.05) is 17.3 Å². The summed E-state index contributed by atoms with van der Waals surface area (Å²) in [6.07, 6.45) is 1.50. The van der Waals surface area contributed by atoms with Gasteiger partial charge in [0.05, 0.1) is 11.7 Å². The summed E-state index contributed by atoms with van der Waals surface area (Å²) in [4.78, 5) is 25.9. The number of carboxylic acids is 1. The average molecular weight is 263 g/mol. The quantitative estimate of drug-likeness (QED) is 0.490. The van der Waals surface area contributed by atoms with E-state index in [1.54, 1.807) is 24.3 Å². The van der Waals surface area contributed by atoms with Crippen molar-refractivity contribution in [1.29, 1.82) is 0 Å². The van der Waals surface area contributed by atoms with Crippen LogP contribution in [0.4, 0.5) is 0 Å². The van der Waals surface area contributed by atoms with Crippen LogP contribution in [0.2, 0.25) is 0 Å². The van der Waals surface area contributed by atoms with Crippen LogP contribution in [0.3, 0.4) is 0 Å². The molecule has 0 bridgehead atoms. The number of rotatable bonds is 3. The third kappa shape index (κ3) is 3.73. The Balaban J connectivity index is 0.00000180. The maximum atomic E-state index is 11.1. The first-order valence-electron chi connectivity index (χ1n) is 5.36. The van der Waals surface area contributed by atoms with Gasteiger partial charge in [-0.25, -0.2) is 0 Å². The summed E-state index contributed by atoms with van der Waals surface area (Å²) >= 11 is 0. The summed E-state index contributed by atoms with van der Waals surface area (Å²) in [6, 6.07) is 9.65. The van der Waals surface area contributed by atoms with Gasteiger partial charge < -0.3 is 9.90 Å². The number of Topliss-reactive ketones (excluding diaryl/α,β-unsaturated/α-hetero) is 1. The zero-order valence-electron chi connectivity index (χ0n) is 10.7. The third-order valence-corrected chi connectivity index (χ3v) is 2.59. The third-order valence-electron chi connectivity index (χ3n) is 2.59. The number of aromatic carboxylic acids is 1. The number of pyridine rings is 1. The molecule has 0 amide bonds. The van der Waals surface area contributed by atoms with Gasteiger partial charge in [0.1, 0.15) is 0 Å². The molecule has 0 radical (unpaired) electrons. The Bertz CT molecular complexity index is 536. The molecule has 0 spiro atoms. The molecule has 5 heteroatoms. The normalized spacial score (nSPS) is 9.53. The van der Waals surface area contributed by atoms with Gasteiger partial charge in [-0.15, -0.1) is 0 Å². The second kappa shape index (κ2) is 6.61. The second-order valence-corrected chi connectivity index (χ2v) is 3.85. The minimum Gasteiger partial charge on any atom is -0.545 e. The van der Waals surface area contributed by atoms with Gasteiger partial charge in [0.15, 0.2) is 5.78 Å². The number of aromatic nitrogens is 1. The maximum absolute atomic E-state index is 11.1. The summed E-state index contributed by atoms with van der Waals surface area (Å²) in [5, 5.41) is 10.6. The molecule has 19 heavy (non-hydrogen) atoms. The van der Waals surface area contributed by atoms with Crippen molar-refractivity contribution in [2.45, 2.75) is 6.92 Å². The fraction of sp³-hybridized carbons (Fsp3) is 0.0714. The molecular formula is C14H10NNaO3. The van der Waals surface area contributed by atoms with Gasteiger partial charge in [0.2, 0.25) is 0 Å². The van der Waals surface area contributed by atoms with E-state index in [4.69, 9.17) is 0 Å². The Morgan fingerprint density at radius 3 is 2.00 bits per heavy atom. The van der Waals surface area contributed by atoms with Gasteiger partial charge in [0.25, 0.3) is 0 Å². The number of benzene rings is 1. The fourth-order valence-corrected chi connectivity index (χ4v) is 1.55. The van der Waals surface area contributed by atoms with Crippen LogP contribution in [0.25, 0.3) is 11.3 Å². The fourth-order valence-electron chi connectivity index (χ4n) is 1.55. The van der Waals surface area contributed by atoms with Gasteiger partial charge in [-0.05, 0) is 24.6 Å². The Morgan fingerprint density at radius 2 is 1.58 bits per heavy atom. The number of carboxylic acid groups (broad SMARTS) is 1. The second-order valence-electron chi connectivity index (χ2n) is 3.85. The number of carbonyl (C=O) groups is 2. The summed E-state index contributed by atoms with van der Waals surface area (Å²) < 4.78 is 0. The van der Waals surface area contributed by atoms with E-state index in [1.807, 2.05) is 0 Å². The van der Waals surface area contributed by atoms with Crippen molar-refractivity contribution in [2.75, 3.05) is 0 Å². The van der Waals surface area contributed by atoms with Gasteiger partial charge in [-0.2, -0.15) is 0 Å². The van der Waals surface area contributed by atoms with Crippen LogP contribution in [-0.4, -0.2) is 16.7 Å². The molecule has 1 aromatic heterocycles. The van der Waals surface area contributed by atoms with E-state index in [2.05, 4.69) is 4.98 Å². The van der Waals surface area contributed by atoms with Crippen molar-refractivity contribution >= 4 is 11.8 Å². The number of hydrogen-bond donors (Lipinski definition) is 0. The minimum absolute atomic E-state index is 0. The molecule has 0 aliphatic carbocycles. The number of carbonyl (C=O) groups excluding carboxylic acids is 2. The summed E-state index contributed by atoms with van der Waals surface area (Å²) in [6.45, 7) is 1.48. The van der Waals surface area contributed by atoms with Crippen LogP contribution >= 0.6 is 0 Å². The molecule has 0 saturated heterocycles. The number of hydrogen-bond acceptors (Lipinski definition) is 4. The zero-order chi connectivity index (χ0) is 13.1.